The molecule has 1 aromatic carbocycles. The Kier molecular flexibility index (Phi) is 3.96. The van der Waals surface area contributed by atoms with Crippen LogP contribution in [0.4, 0.5) is 0 Å². The Balaban J connectivity index is 3.21. The maximum Gasteiger partial charge on any atom is 0.126 e. The van der Waals surface area contributed by atoms with Crippen molar-refractivity contribution in [1.82, 2.24) is 0 Å². The SMILES string of the molecule is C/C=C(\C)c1ccc(C(C)C)cc1OC. The second-order valence-corrected chi connectivity index (χ2v) is 4.09. The number of methoxy groups -OCH3 is 1. The van der Waals surface area contributed by atoms with Crippen molar-refractivity contribution in [3.05, 3.63) is 35.4 Å². The van der Waals surface area contributed by atoms with Gasteiger partial charge in [-0.25, -0.2) is 0 Å². The zero-order valence-corrected chi connectivity index (χ0v) is 10.3. The quantitative estimate of drug-likeness (QED) is 0.715. The number of hydrogen-bond donors (Lipinski definition) is 0. The van der Waals surface area contributed by atoms with E-state index in [0.29, 0.717) is 5.92 Å². The Morgan fingerprint density at radius 2 is 2.00 bits per heavy atom. The van der Waals surface area contributed by atoms with Gasteiger partial charge in [0, 0.05) is 5.56 Å². The number of allylic oxidation sites excluding steroid dienone is 2. The van der Waals surface area contributed by atoms with Crippen molar-refractivity contribution in [3.63, 3.8) is 0 Å². The molecule has 0 unspecified atom stereocenters. The Morgan fingerprint density at radius 1 is 1.33 bits per heavy atom. The molecule has 1 nitrogen and oxygen atoms in total. The molecule has 0 heterocycles. The summed E-state index contributed by atoms with van der Waals surface area (Å²) in [6.45, 7) is 8.53. The highest BCUT2D eigenvalue weighted by Crippen LogP contribution is 2.29. The van der Waals surface area contributed by atoms with Crippen molar-refractivity contribution < 1.29 is 4.74 Å². The van der Waals surface area contributed by atoms with Crippen LogP contribution in [-0.4, -0.2) is 7.11 Å². The van der Waals surface area contributed by atoms with E-state index in [1.165, 1.54) is 16.7 Å². The van der Waals surface area contributed by atoms with Crippen molar-refractivity contribution in [1.29, 1.82) is 0 Å². The van der Waals surface area contributed by atoms with E-state index in [2.05, 4.69) is 45.0 Å². The minimum absolute atomic E-state index is 0.541. The summed E-state index contributed by atoms with van der Waals surface area (Å²) >= 11 is 0. The third-order valence-corrected chi connectivity index (χ3v) is 2.75. The van der Waals surface area contributed by atoms with E-state index in [0.717, 1.165) is 5.75 Å². The molecule has 1 aromatic rings. The molecule has 1 rings (SSSR count). The Hall–Kier alpha value is -1.24. The summed E-state index contributed by atoms with van der Waals surface area (Å²) in [4.78, 5) is 0. The molecule has 0 N–H and O–H groups in total. The highest BCUT2D eigenvalue weighted by Gasteiger charge is 2.07. The van der Waals surface area contributed by atoms with E-state index in [1.807, 2.05) is 6.92 Å². The first kappa shape index (κ1) is 11.8. The molecule has 0 saturated carbocycles. The van der Waals surface area contributed by atoms with E-state index in [1.54, 1.807) is 7.11 Å². The molecule has 0 amide bonds. The molecule has 0 bridgehead atoms. The Labute approximate surface area is 92.8 Å². The third kappa shape index (κ3) is 2.62. The van der Waals surface area contributed by atoms with Crippen LogP contribution in [0.1, 0.15) is 44.7 Å². The average molecular weight is 204 g/mol. The first-order chi connectivity index (χ1) is 7.10. The standard InChI is InChI=1S/C14H20O/c1-6-11(4)13-8-7-12(10(2)3)9-14(13)15-5/h6-10H,1-5H3/b11-6+. The summed E-state index contributed by atoms with van der Waals surface area (Å²) in [7, 11) is 1.73. The highest BCUT2D eigenvalue weighted by atomic mass is 16.5. The molecular formula is C14H20O. The summed E-state index contributed by atoms with van der Waals surface area (Å²) in [6, 6.07) is 6.45. The molecule has 1 heteroatoms. The zero-order chi connectivity index (χ0) is 11.4. The van der Waals surface area contributed by atoms with Gasteiger partial charge in [-0.15, -0.1) is 0 Å². The fourth-order valence-corrected chi connectivity index (χ4v) is 1.55. The van der Waals surface area contributed by atoms with Gasteiger partial charge in [0.15, 0.2) is 0 Å². The largest absolute Gasteiger partial charge is 0.496 e. The van der Waals surface area contributed by atoms with Crippen LogP contribution in [-0.2, 0) is 0 Å². The predicted molar refractivity (Wildman–Crippen MR) is 66.4 cm³/mol. The lowest BCUT2D eigenvalue weighted by atomic mass is 9.98. The van der Waals surface area contributed by atoms with Crippen LogP contribution in [0, 0.1) is 0 Å². The molecule has 0 fully saturated rings. The molecule has 0 radical (unpaired) electrons. The fraction of sp³-hybridized carbons (Fsp3) is 0.429. The molecule has 0 saturated heterocycles. The van der Waals surface area contributed by atoms with Crippen LogP contribution in [0.25, 0.3) is 5.57 Å². The fourth-order valence-electron chi connectivity index (χ4n) is 1.55. The van der Waals surface area contributed by atoms with Crippen LogP contribution in [0.2, 0.25) is 0 Å². The van der Waals surface area contributed by atoms with Crippen LogP contribution in [0.3, 0.4) is 0 Å². The molecule has 15 heavy (non-hydrogen) atoms. The molecule has 0 aliphatic carbocycles. The van der Waals surface area contributed by atoms with E-state index in [9.17, 15) is 0 Å². The second-order valence-electron chi connectivity index (χ2n) is 4.09. The molecule has 0 aliphatic heterocycles. The minimum Gasteiger partial charge on any atom is -0.496 e. The molecular weight excluding hydrogens is 184 g/mol. The molecule has 0 aromatic heterocycles. The summed E-state index contributed by atoms with van der Waals surface area (Å²) in [5.41, 5.74) is 3.76. The zero-order valence-electron chi connectivity index (χ0n) is 10.3. The smallest absolute Gasteiger partial charge is 0.126 e. The average Bonchev–Trinajstić information content (AvgIpc) is 2.27. The monoisotopic (exact) mass is 204 g/mol. The maximum atomic E-state index is 5.42. The van der Waals surface area contributed by atoms with Crippen molar-refractivity contribution in [2.24, 2.45) is 0 Å². The second kappa shape index (κ2) is 5.01. The number of benzene rings is 1. The van der Waals surface area contributed by atoms with Gasteiger partial charge in [0.2, 0.25) is 0 Å². The minimum atomic E-state index is 0.541. The molecule has 82 valence electrons. The van der Waals surface area contributed by atoms with Crippen LogP contribution < -0.4 is 4.74 Å². The summed E-state index contributed by atoms with van der Waals surface area (Å²) < 4.78 is 5.42. The topological polar surface area (TPSA) is 9.23 Å². The molecule has 0 aliphatic rings. The first-order valence-electron chi connectivity index (χ1n) is 5.41. The van der Waals surface area contributed by atoms with E-state index in [-0.39, 0.29) is 0 Å². The van der Waals surface area contributed by atoms with Gasteiger partial charge in [-0.05, 0) is 37.0 Å². The van der Waals surface area contributed by atoms with E-state index >= 15 is 0 Å². The first-order valence-corrected chi connectivity index (χ1v) is 5.41. The van der Waals surface area contributed by atoms with Crippen molar-refractivity contribution in [2.45, 2.75) is 33.6 Å². The van der Waals surface area contributed by atoms with Crippen LogP contribution in [0.5, 0.6) is 5.75 Å². The van der Waals surface area contributed by atoms with Gasteiger partial charge in [-0.1, -0.05) is 32.1 Å². The number of ether oxygens (including phenoxy) is 1. The number of rotatable bonds is 3. The Morgan fingerprint density at radius 3 is 2.47 bits per heavy atom. The highest BCUT2D eigenvalue weighted by molar-refractivity contribution is 5.69. The van der Waals surface area contributed by atoms with Gasteiger partial charge in [0.25, 0.3) is 0 Å². The lowest BCUT2D eigenvalue weighted by molar-refractivity contribution is 0.412. The normalized spacial score (nSPS) is 12.0. The van der Waals surface area contributed by atoms with Crippen molar-refractivity contribution >= 4 is 5.57 Å². The van der Waals surface area contributed by atoms with E-state index in [4.69, 9.17) is 4.74 Å². The van der Waals surface area contributed by atoms with Gasteiger partial charge in [-0.3, -0.25) is 0 Å². The lowest BCUT2D eigenvalue weighted by Crippen LogP contribution is -1.94. The summed E-state index contributed by atoms with van der Waals surface area (Å²) in [5, 5.41) is 0. The summed E-state index contributed by atoms with van der Waals surface area (Å²) in [6.07, 6.45) is 2.10. The van der Waals surface area contributed by atoms with Crippen molar-refractivity contribution in [3.8, 4) is 5.75 Å². The van der Waals surface area contributed by atoms with E-state index < -0.39 is 0 Å². The predicted octanol–water partition coefficient (Wildman–Crippen LogP) is 4.24. The number of hydrogen-bond acceptors (Lipinski definition) is 1. The van der Waals surface area contributed by atoms with Crippen LogP contribution in [0.15, 0.2) is 24.3 Å². The Bertz CT molecular complexity index is 362. The maximum absolute atomic E-state index is 5.42. The molecule has 0 spiro atoms. The lowest BCUT2D eigenvalue weighted by Gasteiger charge is -2.12. The van der Waals surface area contributed by atoms with Crippen molar-refractivity contribution in [2.75, 3.05) is 7.11 Å². The van der Waals surface area contributed by atoms with Gasteiger partial charge in [0.1, 0.15) is 5.75 Å². The van der Waals surface area contributed by atoms with Gasteiger partial charge in [-0.2, -0.15) is 0 Å². The van der Waals surface area contributed by atoms with Crippen LogP contribution >= 0.6 is 0 Å². The van der Waals surface area contributed by atoms with Gasteiger partial charge < -0.3 is 4.74 Å². The van der Waals surface area contributed by atoms with Gasteiger partial charge >= 0.3 is 0 Å². The summed E-state index contributed by atoms with van der Waals surface area (Å²) in [5.74, 6) is 1.51. The van der Waals surface area contributed by atoms with Gasteiger partial charge in [0.05, 0.1) is 7.11 Å². The third-order valence-electron chi connectivity index (χ3n) is 2.75. The molecule has 0 atom stereocenters.